The van der Waals surface area contributed by atoms with Gasteiger partial charge >= 0.3 is 0 Å². The second kappa shape index (κ2) is 7.31. The molecule has 25 heavy (non-hydrogen) atoms. The van der Waals surface area contributed by atoms with E-state index in [1.54, 1.807) is 17.8 Å². The molecular formula is C17H20BrN3O3S. The summed E-state index contributed by atoms with van der Waals surface area (Å²) in [7, 11) is -3.67. The molecule has 8 heteroatoms. The molecule has 0 spiro atoms. The van der Waals surface area contributed by atoms with Gasteiger partial charge in [0.05, 0.1) is 5.69 Å². The normalized spacial score (nSPS) is 17.1. The fraction of sp³-hybridized carbons (Fsp3) is 0.353. The SMILES string of the molecule is CCn1cc(S(=O)(=O)N2C/C=C\COc3ccc(Br)cc3C2)c(C)n1. The molecule has 0 atom stereocenters. The zero-order valence-corrected chi connectivity index (χ0v) is 16.5. The summed E-state index contributed by atoms with van der Waals surface area (Å²) in [4.78, 5) is 0.250. The molecule has 0 saturated carbocycles. The van der Waals surface area contributed by atoms with Gasteiger partial charge in [-0.25, -0.2) is 8.42 Å². The van der Waals surface area contributed by atoms with E-state index in [-0.39, 0.29) is 18.0 Å². The molecule has 0 saturated heterocycles. The summed E-state index contributed by atoms with van der Waals surface area (Å²) >= 11 is 3.44. The molecule has 1 aliphatic rings. The van der Waals surface area contributed by atoms with Gasteiger partial charge < -0.3 is 4.74 Å². The molecule has 0 bridgehead atoms. The number of hydrogen-bond acceptors (Lipinski definition) is 4. The van der Waals surface area contributed by atoms with Crippen LogP contribution in [0.15, 0.2) is 45.9 Å². The molecule has 1 aliphatic heterocycles. The highest BCUT2D eigenvalue weighted by atomic mass is 79.9. The van der Waals surface area contributed by atoms with Gasteiger partial charge in [0, 0.05) is 35.9 Å². The third-order valence-electron chi connectivity index (χ3n) is 4.02. The molecule has 0 amide bonds. The Morgan fingerprint density at radius 2 is 2.12 bits per heavy atom. The van der Waals surface area contributed by atoms with Gasteiger partial charge in [-0.2, -0.15) is 9.40 Å². The molecule has 0 radical (unpaired) electrons. The van der Waals surface area contributed by atoms with Crippen LogP contribution in [0, 0.1) is 6.92 Å². The molecule has 1 aromatic carbocycles. The zero-order valence-electron chi connectivity index (χ0n) is 14.1. The van der Waals surface area contributed by atoms with Crippen molar-refractivity contribution in [3.8, 4) is 5.75 Å². The summed E-state index contributed by atoms with van der Waals surface area (Å²) in [5, 5.41) is 4.27. The summed E-state index contributed by atoms with van der Waals surface area (Å²) in [5.74, 6) is 0.691. The van der Waals surface area contributed by atoms with Crippen LogP contribution in [0.4, 0.5) is 0 Å². The van der Waals surface area contributed by atoms with Crippen molar-refractivity contribution in [2.45, 2.75) is 31.8 Å². The molecule has 0 fully saturated rings. The number of rotatable bonds is 3. The third kappa shape index (κ3) is 3.80. The van der Waals surface area contributed by atoms with Gasteiger partial charge in [0.2, 0.25) is 10.0 Å². The fourth-order valence-electron chi connectivity index (χ4n) is 2.70. The number of sulfonamides is 1. The van der Waals surface area contributed by atoms with Crippen molar-refractivity contribution in [3.05, 3.63) is 52.3 Å². The Morgan fingerprint density at radius 3 is 2.84 bits per heavy atom. The monoisotopic (exact) mass is 425 g/mol. The third-order valence-corrected chi connectivity index (χ3v) is 6.43. The maximum Gasteiger partial charge on any atom is 0.247 e. The van der Waals surface area contributed by atoms with Gasteiger partial charge in [-0.15, -0.1) is 0 Å². The highest BCUT2D eigenvalue weighted by molar-refractivity contribution is 9.10. The second-order valence-electron chi connectivity index (χ2n) is 5.77. The lowest BCUT2D eigenvalue weighted by molar-refractivity contribution is 0.355. The Bertz CT molecular complexity index is 906. The van der Waals surface area contributed by atoms with Crippen LogP contribution in [0.3, 0.4) is 0 Å². The fourth-order valence-corrected chi connectivity index (χ4v) is 4.65. The van der Waals surface area contributed by atoms with Crippen molar-refractivity contribution >= 4 is 26.0 Å². The first-order chi connectivity index (χ1) is 11.9. The zero-order chi connectivity index (χ0) is 18.0. The van der Waals surface area contributed by atoms with Crippen molar-refractivity contribution in [1.29, 1.82) is 0 Å². The van der Waals surface area contributed by atoms with E-state index in [9.17, 15) is 8.42 Å². The lowest BCUT2D eigenvalue weighted by atomic mass is 10.2. The van der Waals surface area contributed by atoms with Crippen LogP contribution in [-0.4, -0.2) is 35.7 Å². The number of aryl methyl sites for hydroxylation is 2. The molecular weight excluding hydrogens is 406 g/mol. The van der Waals surface area contributed by atoms with Gasteiger partial charge in [0.1, 0.15) is 17.3 Å². The number of nitrogens with zero attached hydrogens (tertiary/aromatic N) is 3. The summed E-state index contributed by atoms with van der Waals surface area (Å²) in [6.07, 6.45) is 5.25. The maximum absolute atomic E-state index is 13.2. The van der Waals surface area contributed by atoms with E-state index in [4.69, 9.17) is 4.74 Å². The summed E-state index contributed by atoms with van der Waals surface area (Å²) < 4.78 is 36.1. The standard InChI is InChI=1S/C17H20BrN3O3S/c1-3-20-12-17(13(2)19-20)25(22,23)21-8-4-5-9-24-16-7-6-15(18)10-14(16)11-21/h4-7,10,12H,3,8-9,11H2,1-2H3/b5-4-. The largest absolute Gasteiger partial charge is 0.489 e. The number of halogens is 1. The first-order valence-electron chi connectivity index (χ1n) is 8.02. The quantitative estimate of drug-likeness (QED) is 0.708. The molecule has 2 heterocycles. The Morgan fingerprint density at radius 1 is 1.32 bits per heavy atom. The Kier molecular flexibility index (Phi) is 5.31. The van der Waals surface area contributed by atoms with Crippen molar-refractivity contribution in [1.82, 2.24) is 14.1 Å². The highest BCUT2D eigenvalue weighted by Gasteiger charge is 2.28. The second-order valence-corrected chi connectivity index (χ2v) is 8.59. The smallest absolute Gasteiger partial charge is 0.247 e. The molecule has 1 aromatic heterocycles. The minimum absolute atomic E-state index is 0.234. The molecule has 0 aliphatic carbocycles. The van der Waals surface area contributed by atoms with E-state index >= 15 is 0 Å². The van der Waals surface area contributed by atoms with Crippen LogP contribution >= 0.6 is 15.9 Å². The summed E-state index contributed by atoms with van der Waals surface area (Å²) in [6, 6.07) is 5.63. The number of aromatic nitrogens is 2. The van der Waals surface area contributed by atoms with Gasteiger partial charge in [0.25, 0.3) is 0 Å². The van der Waals surface area contributed by atoms with E-state index in [0.717, 1.165) is 10.0 Å². The molecule has 3 rings (SSSR count). The van der Waals surface area contributed by atoms with Crippen LogP contribution in [-0.2, 0) is 23.1 Å². The predicted molar refractivity (Wildman–Crippen MR) is 99.0 cm³/mol. The first-order valence-corrected chi connectivity index (χ1v) is 10.3. The molecule has 6 nitrogen and oxygen atoms in total. The van der Waals surface area contributed by atoms with Crippen LogP contribution in [0.1, 0.15) is 18.2 Å². The topological polar surface area (TPSA) is 64.4 Å². The number of ether oxygens (including phenoxy) is 1. The van der Waals surface area contributed by atoms with Crippen molar-refractivity contribution in [3.63, 3.8) is 0 Å². The summed E-state index contributed by atoms with van der Waals surface area (Å²) in [5.41, 5.74) is 1.33. The average molecular weight is 426 g/mol. The van der Waals surface area contributed by atoms with Crippen molar-refractivity contribution < 1.29 is 13.2 Å². The lowest BCUT2D eigenvalue weighted by Crippen LogP contribution is -2.31. The minimum atomic E-state index is -3.67. The Labute approximate surface area is 156 Å². The van der Waals surface area contributed by atoms with E-state index in [0.29, 0.717) is 24.6 Å². The van der Waals surface area contributed by atoms with Crippen LogP contribution < -0.4 is 4.74 Å². The Balaban J connectivity index is 2.03. The Hall–Kier alpha value is -1.64. The predicted octanol–water partition coefficient (Wildman–Crippen LogP) is 3.11. The molecule has 134 valence electrons. The lowest BCUT2D eigenvalue weighted by Gasteiger charge is -2.21. The van der Waals surface area contributed by atoms with E-state index in [1.165, 1.54) is 4.31 Å². The van der Waals surface area contributed by atoms with E-state index in [2.05, 4.69) is 21.0 Å². The van der Waals surface area contributed by atoms with Gasteiger partial charge in [-0.05, 0) is 32.0 Å². The van der Waals surface area contributed by atoms with E-state index < -0.39 is 10.0 Å². The van der Waals surface area contributed by atoms with Gasteiger partial charge in [-0.3, -0.25) is 4.68 Å². The van der Waals surface area contributed by atoms with Gasteiger partial charge in [-0.1, -0.05) is 28.1 Å². The molecule has 0 N–H and O–H groups in total. The molecule has 0 unspecified atom stereocenters. The number of hydrogen-bond donors (Lipinski definition) is 0. The van der Waals surface area contributed by atoms with Crippen molar-refractivity contribution in [2.75, 3.05) is 13.2 Å². The number of benzene rings is 1. The summed E-state index contributed by atoms with van der Waals surface area (Å²) in [6.45, 7) is 5.21. The number of fused-ring (bicyclic) bond motifs is 1. The highest BCUT2D eigenvalue weighted by Crippen LogP contribution is 2.28. The van der Waals surface area contributed by atoms with Crippen LogP contribution in [0.5, 0.6) is 5.75 Å². The van der Waals surface area contributed by atoms with E-state index in [1.807, 2.05) is 37.3 Å². The van der Waals surface area contributed by atoms with Gasteiger partial charge in [0.15, 0.2) is 0 Å². The minimum Gasteiger partial charge on any atom is -0.489 e. The first kappa shape index (κ1) is 18.2. The average Bonchev–Trinajstić information content (AvgIpc) is 3.00. The molecule has 2 aromatic rings. The van der Waals surface area contributed by atoms with Crippen LogP contribution in [0.25, 0.3) is 0 Å². The van der Waals surface area contributed by atoms with Crippen LogP contribution in [0.2, 0.25) is 0 Å². The maximum atomic E-state index is 13.2. The van der Waals surface area contributed by atoms with Crippen molar-refractivity contribution in [2.24, 2.45) is 0 Å².